The van der Waals surface area contributed by atoms with Gasteiger partial charge in [0, 0.05) is 25.3 Å². The van der Waals surface area contributed by atoms with Gasteiger partial charge in [-0.05, 0) is 30.9 Å². The van der Waals surface area contributed by atoms with E-state index in [0.29, 0.717) is 16.5 Å². The van der Waals surface area contributed by atoms with Crippen LogP contribution in [0.15, 0.2) is 18.2 Å². The van der Waals surface area contributed by atoms with Crippen LogP contribution in [0.1, 0.15) is 23.2 Å². The Labute approximate surface area is 106 Å². The monoisotopic (exact) mass is 253 g/mol. The van der Waals surface area contributed by atoms with Crippen molar-refractivity contribution in [3.8, 4) is 0 Å². The number of carbonyl (C=O) groups excluding carboxylic acids is 1. The number of aliphatic hydroxyl groups is 1. The van der Waals surface area contributed by atoms with Crippen molar-refractivity contribution < 1.29 is 9.90 Å². The van der Waals surface area contributed by atoms with Crippen LogP contribution in [0.2, 0.25) is 5.02 Å². The lowest BCUT2D eigenvalue weighted by molar-refractivity contribution is 0.112. The molecule has 0 spiro atoms. The molecular weight excluding hydrogens is 238 g/mol. The van der Waals surface area contributed by atoms with Crippen LogP contribution >= 0.6 is 11.6 Å². The van der Waals surface area contributed by atoms with Crippen LogP contribution in [0.3, 0.4) is 0 Å². The number of aliphatic hydroxyl groups excluding tert-OH is 1. The van der Waals surface area contributed by atoms with E-state index in [2.05, 4.69) is 4.90 Å². The molecule has 1 saturated heterocycles. The zero-order valence-electron chi connectivity index (χ0n) is 9.60. The first-order valence-electron chi connectivity index (χ1n) is 5.85. The molecule has 0 aliphatic carbocycles. The Kier molecular flexibility index (Phi) is 4.02. The van der Waals surface area contributed by atoms with Crippen LogP contribution in [-0.2, 0) is 0 Å². The summed E-state index contributed by atoms with van der Waals surface area (Å²) >= 11 is 6.16. The lowest BCUT2D eigenvalue weighted by Gasteiger charge is -2.34. The Morgan fingerprint density at radius 2 is 2.12 bits per heavy atom. The smallest absolute Gasteiger partial charge is 0.152 e. The molecule has 0 amide bonds. The summed E-state index contributed by atoms with van der Waals surface area (Å²) in [5, 5.41) is 9.72. The van der Waals surface area contributed by atoms with Crippen molar-refractivity contribution in [3.05, 3.63) is 28.8 Å². The lowest BCUT2D eigenvalue weighted by Crippen LogP contribution is -2.35. The molecule has 0 radical (unpaired) electrons. The van der Waals surface area contributed by atoms with E-state index in [1.807, 2.05) is 6.07 Å². The number of nitrogens with zero attached hydrogens (tertiary/aromatic N) is 1. The van der Waals surface area contributed by atoms with E-state index in [1.165, 1.54) is 0 Å². The second-order valence-corrected chi connectivity index (χ2v) is 4.82. The molecule has 17 heavy (non-hydrogen) atoms. The van der Waals surface area contributed by atoms with Crippen molar-refractivity contribution in [3.63, 3.8) is 0 Å². The predicted octanol–water partition coefficient (Wildman–Crippen LogP) is 2.36. The van der Waals surface area contributed by atoms with E-state index < -0.39 is 0 Å². The predicted molar refractivity (Wildman–Crippen MR) is 68.9 cm³/mol. The lowest BCUT2D eigenvalue weighted by atomic mass is 9.97. The highest BCUT2D eigenvalue weighted by Gasteiger charge is 2.21. The van der Waals surface area contributed by atoms with E-state index in [9.17, 15) is 4.79 Å². The minimum absolute atomic E-state index is 0.247. The zero-order valence-corrected chi connectivity index (χ0v) is 10.4. The number of piperidine rings is 1. The van der Waals surface area contributed by atoms with Gasteiger partial charge >= 0.3 is 0 Å². The molecule has 2 rings (SSSR count). The summed E-state index contributed by atoms with van der Waals surface area (Å²) in [6.07, 6.45) is 2.74. The standard InChI is InChI=1S/C13H16ClNO2/c14-12-3-1-2-11(9-17)13(12)15-6-4-10(8-16)5-7-15/h1-3,9-10,16H,4-8H2. The number of hydrogen-bond donors (Lipinski definition) is 1. The molecule has 0 aromatic heterocycles. The molecule has 1 aromatic rings. The fraction of sp³-hybridized carbons (Fsp3) is 0.462. The van der Waals surface area contributed by atoms with Crippen LogP contribution in [-0.4, -0.2) is 31.1 Å². The van der Waals surface area contributed by atoms with E-state index in [1.54, 1.807) is 12.1 Å². The van der Waals surface area contributed by atoms with Crippen LogP contribution in [0.4, 0.5) is 5.69 Å². The molecule has 1 aliphatic rings. The number of hydrogen-bond acceptors (Lipinski definition) is 3. The van der Waals surface area contributed by atoms with Crippen LogP contribution in [0.5, 0.6) is 0 Å². The molecule has 1 aromatic carbocycles. The third-order valence-corrected chi connectivity index (χ3v) is 3.64. The van der Waals surface area contributed by atoms with Gasteiger partial charge in [0.2, 0.25) is 0 Å². The third kappa shape index (κ3) is 2.61. The number of para-hydroxylation sites is 1. The average Bonchev–Trinajstić information content (AvgIpc) is 2.38. The largest absolute Gasteiger partial charge is 0.396 e. The first-order chi connectivity index (χ1) is 8.26. The van der Waals surface area contributed by atoms with Gasteiger partial charge in [-0.25, -0.2) is 0 Å². The molecular formula is C13H16ClNO2. The van der Waals surface area contributed by atoms with Crippen molar-refractivity contribution in [1.82, 2.24) is 0 Å². The van der Waals surface area contributed by atoms with Gasteiger partial charge in [0.1, 0.15) is 0 Å². The maximum Gasteiger partial charge on any atom is 0.152 e. The number of benzene rings is 1. The van der Waals surface area contributed by atoms with Crippen LogP contribution < -0.4 is 4.90 Å². The van der Waals surface area contributed by atoms with Gasteiger partial charge in [0.05, 0.1) is 10.7 Å². The topological polar surface area (TPSA) is 40.5 Å². The SMILES string of the molecule is O=Cc1cccc(Cl)c1N1CCC(CO)CC1. The summed E-state index contributed by atoms with van der Waals surface area (Å²) in [7, 11) is 0. The second kappa shape index (κ2) is 5.52. The third-order valence-electron chi connectivity index (χ3n) is 3.33. The van der Waals surface area contributed by atoms with Gasteiger partial charge in [-0.1, -0.05) is 17.7 Å². The molecule has 92 valence electrons. The van der Waals surface area contributed by atoms with Crippen LogP contribution in [0, 0.1) is 5.92 Å². The summed E-state index contributed by atoms with van der Waals surface area (Å²) in [6.45, 7) is 1.93. The van der Waals surface area contributed by atoms with Crippen molar-refractivity contribution in [2.24, 2.45) is 5.92 Å². The Morgan fingerprint density at radius 1 is 1.41 bits per heavy atom. The number of anilines is 1. The van der Waals surface area contributed by atoms with E-state index in [-0.39, 0.29) is 6.61 Å². The Morgan fingerprint density at radius 3 is 2.71 bits per heavy atom. The Bertz CT molecular complexity index is 400. The summed E-state index contributed by atoms with van der Waals surface area (Å²) < 4.78 is 0. The van der Waals surface area contributed by atoms with Crippen molar-refractivity contribution in [2.75, 3.05) is 24.6 Å². The molecule has 3 nitrogen and oxygen atoms in total. The maximum atomic E-state index is 11.0. The molecule has 4 heteroatoms. The highest BCUT2D eigenvalue weighted by molar-refractivity contribution is 6.33. The maximum absolute atomic E-state index is 11.0. The van der Waals surface area contributed by atoms with Crippen molar-refractivity contribution in [2.45, 2.75) is 12.8 Å². The summed E-state index contributed by atoms with van der Waals surface area (Å²) in [6, 6.07) is 5.38. The first-order valence-corrected chi connectivity index (χ1v) is 6.23. The van der Waals surface area contributed by atoms with Gasteiger partial charge in [-0.2, -0.15) is 0 Å². The Balaban J connectivity index is 2.20. The average molecular weight is 254 g/mol. The molecule has 1 N–H and O–H groups in total. The normalized spacial score (nSPS) is 17.2. The van der Waals surface area contributed by atoms with E-state index in [0.717, 1.165) is 37.9 Å². The fourth-order valence-corrected chi connectivity index (χ4v) is 2.60. The number of aldehydes is 1. The van der Waals surface area contributed by atoms with Gasteiger partial charge in [0.25, 0.3) is 0 Å². The van der Waals surface area contributed by atoms with Gasteiger partial charge < -0.3 is 10.0 Å². The summed E-state index contributed by atoms with van der Waals surface area (Å²) in [5.74, 6) is 0.383. The fourth-order valence-electron chi connectivity index (χ4n) is 2.30. The summed E-state index contributed by atoms with van der Waals surface area (Å²) in [4.78, 5) is 13.2. The van der Waals surface area contributed by atoms with E-state index >= 15 is 0 Å². The second-order valence-electron chi connectivity index (χ2n) is 4.41. The van der Waals surface area contributed by atoms with E-state index in [4.69, 9.17) is 16.7 Å². The molecule has 0 bridgehead atoms. The minimum atomic E-state index is 0.247. The minimum Gasteiger partial charge on any atom is -0.396 e. The van der Waals surface area contributed by atoms with Crippen LogP contribution in [0.25, 0.3) is 0 Å². The summed E-state index contributed by atoms with van der Waals surface area (Å²) in [5.41, 5.74) is 1.47. The van der Waals surface area contributed by atoms with Gasteiger partial charge in [-0.3, -0.25) is 4.79 Å². The van der Waals surface area contributed by atoms with Gasteiger partial charge in [-0.15, -0.1) is 0 Å². The first kappa shape index (κ1) is 12.4. The number of rotatable bonds is 3. The molecule has 1 heterocycles. The number of halogens is 1. The molecule has 0 atom stereocenters. The molecule has 1 fully saturated rings. The number of carbonyl (C=O) groups is 1. The Hall–Kier alpha value is -1.06. The molecule has 1 aliphatic heterocycles. The van der Waals surface area contributed by atoms with Crippen molar-refractivity contribution >= 4 is 23.6 Å². The molecule has 0 saturated carbocycles. The highest BCUT2D eigenvalue weighted by atomic mass is 35.5. The van der Waals surface area contributed by atoms with Gasteiger partial charge in [0.15, 0.2) is 6.29 Å². The zero-order chi connectivity index (χ0) is 12.3. The molecule has 0 unspecified atom stereocenters. The van der Waals surface area contributed by atoms with Crippen molar-refractivity contribution in [1.29, 1.82) is 0 Å². The quantitative estimate of drug-likeness (QED) is 0.841. The highest BCUT2D eigenvalue weighted by Crippen LogP contribution is 2.32.